The van der Waals surface area contributed by atoms with Gasteiger partial charge in [0.1, 0.15) is 6.04 Å². The highest BCUT2D eigenvalue weighted by Crippen LogP contribution is 2.24. The SMILES string of the molecule is CC[C@H](C(=O)Nc1ccccc1C(=O)NCc1ccccc1)N(c1ccc(C)cc1)S(C)(=O)=O. The average molecular weight is 480 g/mol. The minimum absolute atomic E-state index is 0.245. The smallest absolute Gasteiger partial charge is 0.253 e. The Labute approximate surface area is 200 Å². The number of para-hydroxylation sites is 1. The second-order valence-electron chi connectivity index (χ2n) is 8.02. The van der Waals surface area contributed by atoms with Gasteiger partial charge in [-0.25, -0.2) is 8.42 Å². The van der Waals surface area contributed by atoms with Gasteiger partial charge in [0, 0.05) is 6.54 Å². The second-order valence-corrected chi connectivity index (χ2v) is 9.88. The van der Waals surface area contributed by atoms with Gasteiger partial charge in [-0.1, -0.05) is 67.1 Å². The molecule has 0 aromatic heterocycles. The van der Waals surface area contributed by atoms with E-state index >= 15 is 0 Å². The van der Waals surface area contributed by atoms with Crippen molar-refractivity contribution in [3.8, 4) is 0 Å². The average Bonchev–Trinajstić information content (AvgIpc) is 2.82. The molecule has 0 radical (unpaired) electrons. The molecule has 178 valence electrons. The molecule has 3 aromatic rings. The number of hydrogen-bond acceptors (Lipinski definition) is 4. The van der Waals surface area contributed by atoms with Gasteiger partial charge in [0.15, 0.2) is 0 Å². The van der Waals surface area contributed by atoms with Gasteiger partial charge in [-0.2, -0.15) is 0 Å². The number of benzene rings is 3. The summed E-state index contributed by atoms with van der Waals surface area (Å²) in [4.78, 5) is 26.1. The third-order valence-corrected chi connectivity index (χ3v) is 6.52. The van der Waals surface area contributed by atoms with Crippen LogP contribution >= 0.6 is 0 Å². The molecular formula is C26H29N3O4S. The van der Waals surface area contributed by atoms with Crippen molar-refractivity contribution in [2.45, 2.75) is 32.9 Å². The molecule has 1 atom stereocenters. The van der Waals surface area contributed by atoms with Crippen LogP contribution in [0.3, 0.4) is 0 Å². The van der Waals surface area contributed by atoms with E-state index in [1.165, 1.54) is 0 Å². The van der Waals surface area contributed by atoms with Gasteiger partial charge in [0.2, 0.25) is 15.9 Å². The lowest BCUT2D eigenvalue weighted by atomic mass is 10.1. The van der Waals surface area contributed by atoms with E-state index in [0.29, 0.717) is 23.5 Å². The molecule has 0 unspecified atom stereocenters. The van der Waals surface area contributed by atoms with E-state index in [4.69, 9.17) is 0 Å². The molecule has 0 bridgehead atoms. The predicted octanol–water partition coefficient (Wildman–Crippen LogP) is 4.11. The third kappa shape index (κ3) is 6.23. The van der Waals surface area contributed by atoms with E-state index < -0.39 is 22.0 Å². The number of aryl methyl sites for hydroxylation is 1. The van der Waals surface area contributed by atoms with E-state index in [1.807, 2.05) is 37.3 Å². The Morgan fingerprint density at radius 2 is 1.53 bits per heavy atom. The van der Waals surface area contributed by atoms with Crippen molar-refractivity contribution in [2.24, 2.45) is 0 Å². The van der Waals surface area contributed by atoms with E-state index in [-0.39, 0.29) is 12.3 Å². The highest BCUT2D eigenvalue weighted by molar-refractivity contribution is 7.92. The molecule has 0 saturated heterocycles. The summed E-state index contributed by atoms with van der Waals surface area (Å²) in [6.45, 7) is 3.99. The van der Waals surface area contributed by atoms with Crippen LogP contribution in [0.15, 0.2) is 78.9 Å². The fourth-order valence-electron chi connectivity index (χ4n) is 3.63. The fourth-order valence-corrected chi connectivity index (χ4v) is 4.84. The first-order chi connectivity index (χ1) is 16.2. The minimum atomic E-state index is -3.75. The van der Waals surface area contributed by atoms with Crippen molar-refractivity contribution in [3.63, 3.8) is 0 Å². The van der Waals surface area contributed by atoms with Gasteiger partial charge in [-0.3, -0.25) is 13.9 Å². The molecule has 2 N–H and O–H groups in total. The summed E-state index contributed by atoms with van der Waals surface area (Å²) in [5, 5.41) is 5.62. The maximum absolute atomic E-state index is 13.3. The Hall–Kier alpha value is -3.65. The van der Waals surface area contributed by atoms with Crippen molar-refractivity contribution in [3.05, 3.63) is 95.6 Å². The number of carbonyl (C=O) groups is 2. The maximum atomic E-state index is 13.3. The predicted molar refractivity (Wildman–Crippen MR) is 135 cm³/mol. The summed E-state index contributed by atoms with van der Waals surface area (Å²) < 4.78 is 26.4. The molecule has 3 aromatic carbocycles. The number of hydrogen-bond donors (Lipinski definition) is 2. The summed E-state index contributed by atoms with van der Waals surface area (Å²) in [5.74, 6) is -0.858. The summed E-state index contributed by atoms with van der Waals surface area (Å²) >= 11 is 0. The van der Waals surface area contributed by atoms with Gasteiger partial charge in [-0.05, 0) is 43.2 Å². The van der Waals surface area contributed by atoms with E-state index in [1.54, 1.807) is 55.5 Å². The lowest BCUT2D eigenvalue weighted by Crippen LogP contribution is -2.47. The van der Waals surface area contributed by atoms with Crippen LogP contribution in [0.1, 0.15) is 34.8 Å². The number of rotatable bonds is 9. The van der Waals surface area contributed by atoms with Gasteiger partial charge in [0.05, 0.1) is 23.2 Å². The molecule has 34 heavy (non-hydrogen) atoms. The largest absolute Gasteiger partial charge is 0.348 e. The highest BCUT2D eigenvalue weighted by Gasteiger charge is 2.32. The van der Waals surface area contributed by atoms with Crippen LogP contribution < -0.4 is 14.9 Å². The molecular weight excluding hydrogens is 450 g/mol. The summed E-state index contributed by atoms with van der Waals surface area (Å²) in [5.41, 5.74) is 2.94. The van der Waals surface area contributed by atoms with Gasteiger partial charge < -0.3 is 10.6 Å². The van der Waals surface area contributed by atoms with Gasteiger partial charge >= 0.3 is 0 Å². The zero-order valence-electron chi connectivity index (χ0n) is 19.5. The number of amides is 2. The Balaban J connectivity index is 1.83. The highest BCUT2D eigenvalue weighted by atomic mass is 32.2. The number of nitrogens with one attached hydrogen (secondary N) is 2. The second kappa shape index (κ2) is 11.0. The van der Waals surface area contributed by atoms with E-state index in [2.05, 4.69) is 10.6 Å². The first-order valence-corrected chi connectivity index (χ1v) is 12.8. The maximum Gasteiger partial charge on any atom is 0.253 e. The lowest BCUT2D eigenvalue weighted by Gasteiger charge is -2.30. The Bertz CT molecular complexity index is 1240. The molecule has 0 spiro atoms. The zero-order chi connectivity index (χ0) is 24.7. The van der Waals surface area contributed by atoms with Gasteiger partial charge in [-0.15, -0.1) is 0 Å². The van der Waals surface area contributed by atoms with Crippen LogP contribution in [0.2, 0.25) is 0 Å². The molecule has 3 rings (SSSR count). The number of nitrogens with zero attached hydrogens (tertiary/aromatic N) is 1. The molecule has 2 amide bonds. The van der Waals surface area contributed by atoms with Crippen LogP contribution in [-0.2, 0) is 21.4 Å². The molecule has 7 nitrogen and oxygen atoms in total. The van der Waals surface area contributed by atoms with Crippen LogP contribution in [0.25, 0.3) is 0 Å². The number of sulfonamides is 1. The Morgan fingerprint density at radius 3 is 2.15 bits per heavy atom. The van der Waals surface area contributed by atoms with Crippen molar-refractivity contribution in [1.29, 1.82) is 0 Å². The normalized spacial score (nSPS) is 12.0. The van der Waals surface area contributed by atoms with Crippen LogP contribution in [0.5, 0.6) is 0 Å². The first kappa shape index (κ1) is 25.0. The molecule has 0 saturated carbocycles. The van der Waals surface area contributed by atoms with Crippen molar-refractivity contribution < 1.29 is 18.0 Å². The van der Waals surface area contributed by atoms with Crippen molar-refractivity contribution in [2.75, 3.05) is 15.9 Å². The van der Waals surface area contributed by atoms with E-state index in [9.17, 15) is 18.0 Å². The molecule has 0 aliphatic heterocycles. The number of anilines is 2. The molecule has 8 heteroatoms. The molecule has 0 aliphatic rings. The molecule has 0 aliphatic carbocycles. The molecule has 0 fully saturated rings. The molecule has 0 heterocycles. The summed E-state index contributed by atoms with van der Waals surface area (Å²) in [6, 6.07) is 22.1. The minimum Gasteiger partial charge on any atom is -0.348 e. The zero-order valence-corrected chi connectivity index (χ0v) is 20.3. The van der Waals surface area contributed by atoms with Crippen LogP contribution in [0.4, 0.5) is 11.4 Å². The van der Waals surface area contributed by atoms with Crippen LogP contribution in [-0.4, -0.2) is 32.5 Å². The lowest BCUT2D eigenvalue weighted by molar-refractivity contribution is -0.117. The van der Waals surface area contributed by atoms with Crippen LogP contribution in [0, 0.1) is 6.92 Å². The standard InChI is InChI=1S/C26H29N3O4S/c1-4-24(29(34(3,32)33)21-16-14-19(2)15-17-21)26(31)28-23-13-9-8-12-22(23)25(30)27-18-20-10-6-5-7-11-20/h5-17,24H,4,18H2,1-3H3,(H,27,30)(H,28,31)/t24-/m1/s1. The fraction of sp³-hybridized carbons (Fsp3) is 0.231. The van der Waals surface area contributed by atoms with E-state index in [0.717, 1.165) is 21.7 Å². The van der Waals surface area contributed by atoms with Crippen molar-refractivity contribution >= 4 is 33.2 Å². The monoisotopic (exact) mass is 479 g/mol. The van der Waals surface area contributed by atoms with Gasteiger partial charge in [0.25, 0.3) is 5.91 Å². The summed E-state index contributed by atoms with van der Waals surface area (Å²) in [7, 11) is -3.75. The Morgan fingerprint density at radius 1 is 0.912 bits per heavy atom. The summed E-state index contributed by atoms with van der Waals surface area (Å²) in [6.07, 6.45) is 1.32. The van der Waals surface area contributed by atoms with Crippen molar-refractivity contribution in [1.82, 2.24) is 5.32 Å². The first-order valence-electron chi connectivity index (χ1n) is 11.0. The Kier molecular flexibility index (Phi) is 8.07. The quantitative estimate of drug-likeness (QED) is 0.483. The third-order valence-electron chi connectivity index (χ3n) is 5.34. The number of carbonyl (C=O) groups excluding carboxylic acids is 2. The topological polar surface area (TPSA) is 95.6 Å².